The Hall–Kier alpha value is -1.46. The predicted octanol–water partition coefficient (Wildman–Crippen LogP) is 2.42. The number of nitrogens with zero attached hydrogens (tertiary/aromatic N) is 1. The molecular weight excluding hydrogens is 293 g/mol. The number of likely N-dealkylation sites (tertiary alicyclic amines) is 1. The molecule has 1 aromatic rings. The first-order chi connectivity index (χ1) is 11.0. The minimum absolute atomic E-state index is 0.0568. The molecule has 1 aromatic carbocycles. The first-order valence-corrected chi connectivity index (χ1v) is 8.52. The van der Waals surface area contributed by atoms with Crippen LogP contribution in [-0.4, -0.2) is 35.5 Å². The number of carbonyl (C=O) groups excluding carboxylic acids is 1. The predicted molar refractivity (Wildman–Crippen MR) is 90.3 cm³/mol. The molecule has 23 heavy (non-hydrogen) atoms. The van der Waals surface area contributed by atoms with Crippen molar-refractivity contribution in [2.45, 2.75) is 57.7 Å². The second-order valence-corrected chi connectivity index (χ2v) is 6.54. The summed E-state index contributed by atoms with van der Waals surface area (Å²) in [5.41, 5.74) is 6.96. The summed E-state index contributed by atoms with van der Waals surface area (Å²) in [4.78, 5) is 14.7. The molecular formula is C18H28FN3O. The van der Waals surface area contributed by atoms with Crippen molar-refractivity contribution in [3.63, 3.8) is 0 Å². The zero-order valence-corrected chi connectivity index (χ0v) is 14.1. The molecule has 0 spiro atoms. The number of amides is 1. The molecule has 128 valence electrons. The molecule has 0 saturated carbocycles. The zero-order valence-electron chi connectivity index (χ0n) is 14.1. The average molecular weight is 321 g/mol. The van der Waals surface area contributed by atoms with Crippen molar-refractivity contribution in [3.05, 3.63) is 35.6 Å². The Morgan fingerprint density at radius 2 is 2.00 bits per heavy atom. The minimum atomic E-state index is -0.323. The fourth-order valence-corrected chi connectivity index (χ4v) is 3.02. The van der Waals surface area contributed by atoms with E-state index in [1.165, 1.54) is 12.1 Å². The first-order valence-electron chi connectivity index (χ1n) is 8.52. The second kappa shape index (κ2) is 7.88. The molecule has 0 aromatic heterocycles. The second-order valence-electron chi connectivity index (χ2n) is 6.54. The van der Waals surface area contributed by atoms with Crippen LogP contribution < -0.4 is 11.1 Å². The van der Waals surface area contributed by atoms with Gasteiger partial charge in [-0.1, -0.05) is 26.0 Å². The third kappa shape index (κ3) is 4.75. The third-order valence-electron chi connectivity index (χ3n) is 4.99. The van der Waals surface area contributed by atoms with Gasteiger partial charge in [0.25, 0.3) is 0 Å². The van der Waals surface area contributed by atoms with Crippen LogP contribution >= 0.6 is 0 Å². The number of halogens is 1. The standard InChI is InChI=1S/C18H28FN3O/c1-3-18(20,4-2)13-21-17(23)16-6-5-11-22(16)12-14-7-9-15(19)10-8-14/h7-10,16H,3-6,11-13,20H2,1-2H3,(H,21,23). The summed E-state index contributed by atoms with van der Waals surface area (Å²) < 4.78 is 13.0. The lowest BCUT2D eigenvalue weighted by Gasteiger charge is -2.29. The van der Waals surface area contributed by atoms with E-state index in [1.54, 1.807) is 12.1 Å². The van der Waals surface area contributed by atoms with Gasteiger partial charge in [-0.05, 0) is 49.9 Å². The van der Waals surface area contributed by atoms with E-state index in [0.29, 0.717) is 13.1 Å². The Morgan fingerprint density at radius 3 is 2.61 bits per heavy atom. The van der Waals surface area contributed by atoms with Crippen LogP contribution in [0.15, 0.2) is 24.3 Å². The minimum Gasteiger partial charge on any atom is -0.353 e. The van der Waals surface area contributed by atoms with Gasteiger partial charge in [0.05, 0.1) is 6.04 Å². The summed E-state index contributed by atoms with van der Waals surface area (Å²) in [6, 6.07) is 6.37. The van der Waals surface area contributed by atoms with Crippen molar-refractivity contribution in [3.8, 4) is 0 Å². The Labute approximate surface area is 138 Å². The van der Waals surface area contributed by atoms with Crippen molar-refractivity contribution in [2.24, 2.45) is 5.73 Å². The van der Waals surface area contributed by atoms with Crippen molar-refractivity contribution in [2.75, 3.05) is 13.1 Å². The highest BCUT2D eigenvalue weighted by atomic mass is 19.1. The summed E-state index contributed by atoms with van der Waals surface area (Å²) in [6.45, 7) is 6.18. The topological polar surface area (TPSA) is 58.4 Å². The van der Waals surface area contributed by atoms with E-state index < -0.39 is 0 Å². The van der Waals surface area contributed by atoms with E-state index in [9.17, 15) is 9.18 Å². The summed E-state index contributed by atoms with van der Waals surface area (Å²) >= 11 is 0. The summed E-state index contributed by atoms with van der Waals surface area (Å²) in [6.07, 6.45) is 3.55. The van der Waals surface area contributed by atoms with E-state index >= 15 is 0 Å². The Bertz CT molecular complexity index is 514. The number of benzene rings is 1. The number of hydrogen-bond acceptors (Lipinski definition) is 3. The van der Waals surface area contributed by atoms with Gasteiger partial charge in [0.15, 0.2) is 0 Å². The largest absolute Gasteiger partial charge is 0.353 e. The molecule has 4 nitrogen and oxygen atoms in total. The Kier molecular flexibility index (Phi) is 6.13. The van der Waals surface area contributed by atoms with Gasteiger partial charge in [0.1, 0.15) is 5.82 Å². The maximum absolute atomic E-state index is 13.0. The third-order valence-corrected chi connectivity index (χ3v) is 4.99. The van der Waals surface area contributed by atoms with Crippen molar-refractivity contribution in [1.82, 2.24) is 10.2 Å². The van der Waals surface area contributed by atoms with Crippen LogP contribution in [0.25, 0.3) is 0 Å². The average Bonchev–Trinajstić information content (AvgIpc) is 3.02. The molecule has 1 aliphatic rings. The summed E-state index contributed by atoms with van der Waals surface area (Å²) in [5.74, 6) is -0.177. The summed E-state index contributed by atoms with van der Waals surface area (Å²) in [5, 5.41) is 3.03. The molecule has 1 atom stereocenters. The van der Waals surface area contributed by atoms with Crippen LogP contribution in [0.3, 0.4) is 0 Å². The molecule has 1 amide bonds. The van der Waals surface area contributed by atoms with Crippen molar-refractivity contribution >= 4 is 5.91 Å². The fraction of sp³-hybridized carbons (Fsp3) is 0.611. The van der Waals surface area contributed by atoms with E-state index in [0.717, 1.165) is 37.8 Å². The van der Waals surface area contributed by atoms with Crippen LogP contribution in [0.5, 0.6) is 0 Å². The van der Waals surface area contributed by atoms with Gasteiger partial charge in [-0.2, -0.15) is 0 Å². The lowest BCUT2D eigenvalue weighted by Crippen LogP contribution is -2.52. The normalized spacial score (nSPS) is 19.0. The molecule has 5 heteroatoms. The highest BCUT2D eigenvalue weighted by Gasteiger charge is 2.31. The number of nitrogens with two attached hydrogens (primary N) is 1. The van der Waals surface area contributed by atoms with Crippen LogP contribution in [-0.2, 0) is 11.3 Å². The van der Waals surface area contributed by atoms with E-state index in [2.05, 4.69) is 10.2 Å². The lowest BCUT2D eigenvalue weighted by molar-refractivity contribution is -0.125. The van der Waals surface area contributed by atoms with E-state index in [4.69, 9.17) is 5.73 Å². The SMILES string of the molecule is CCC(N)(CC)CNC(=O)C1CCCN1Cc1ccc(F)cc1. The van der Waals surface area contributed by atoms with E-state index in [-0.39, 0.29) is 23.3 Å². The zero-order chi connectivity index (χ0) is 16.9. The molecule has 1 saturated heterocycles. The van der Waals surface area contributed by atoms with Gasteiger partial charge < -0.3 is 11.1 Å². The van der Waals surface area contributed by atoms with E-state index in [1.807, 2.05) is 13.8 Å². The number of carbonyl (C=O) groups is 1. The Morgan fingerprint density at radius 1 is 1.35 bits per heavy atom. The number of rotatable bonds is 7. The number of nitrogens with one attached hydrogen (secondary N) is 1. The highest BCUT2D eigenvalue weighted by Crippen LogP contribution is 2.21. The van der Waals surface area contributed by atoms with Crippen LogP contribution in [0.4, 0.5) is 4.39 Å². The molecule has 0 bridgehead atoms. The van der Waals surface area contributed by atoms with Crippen LogP contribution in [0.1, 0.15) is 45.1 Å². The molecule has 2 rings (SSSR count). The van der Waals surface area contributed by atoms with Gasteiger partial charge in [0, 0.05) is 18.6 Å². The Balaban J connectivity index is 1.92. The molecule has 1 aliphatic heterocycles. The highest BCUT2D eigenvalue weighted by molar-refractivity contribution is 5.82. The van der Waals surface area contributed by atoms with Crippen LogP contribution in [0.2, 0.25) is 0 Å². The van der Waals surface area contributed by atoms with Gasteiger partial charge >= 0.3 is 0 Å². The molecule has 1 heterocycles. The number of hydrogen-bond donors (Lipinski definition) is 2. The lowest BCUT2D eigenvalue weighted by atomic mass is 9.94. The maximum atomic E-state index is 13.0. The maximum Gasteiger partial charge on any atom is 0.237 e. The molecule has 1 fully saturated rings. The van der Waals surface area contributed by atoms with Crippen molar-refractivity contribution < 1.29 is 9.18 Å². The first kappa shape index (κ1) is 17.9. The van der Waals surface area contributed by atoms with Gasteiger partial charge in [0.2, 0.25) is 5.91 Å². The smallest absolute Gasteiger partial charge is 0.237 e. The molecule has 3 N–H and O–H groups in total. The summed E-state index contributed by atoms with van der Waals surface area (Å²) in [7, 11) is 0. The van der Waals surface area contributed by atoms with Crippen molar-refractivity contribution in [1.29, 1.82) is 0 Å². The van der Waals surface area contributed by atoms with Gasteiger partial charge in [-0.25, -0.2) is 4.39 Å². The molecule has 1 unspecified atom stereocenters. The van der Waals surface area contributed by atoms with Gasteiger partial charge in [-0.3, -0.25) is 9.69 Å². The van der Waals surface area contributed by atoms with Gasteiger partial charge in [-0.15, -0.1) is 0 Å². The fourth-order valence-electron chi connectivity index (χ4n) is 3.02. The quantitative estimate of drug-likeness (QED) is 0.811. The monoisotopic (exact) mass is 321 g/mol. The van der Waals surface area contributed by atoms with Crippen LogP contribution in [0, 0.1) is 5.82 Å². The molecule has 0 radical (unpaired) electrons. The molecule has 0 aliphatic carbocycles.